The number of ether oxygens (including phenoxy) is 1. The summed E-state index contributed by atoms with van der Waals surface area (Å²) in [4.78, 5) is 0. The van der Waals surface area contributed by atoms with Crippen LogP contribution in [0.3, 0.4) is 0 Å². The van der Waals surface area contributed by atoms with Crippen molar-refractivity contribution in [3.05, 3.63) is 29.8 Å². The smallest absolute Gasteiger partial charge is 0.151 e. The van der Waals surface area contributed by atoms with Crippen LogP contribution in [0, 0.1) is 0 Å². The molecule has 1 aromatic rings. The molecule has 1 N–H and O–H groups in total. The first-order valence-corrected chi connectivity index (χ1v) is 7.93. The summed E-state index contributed by atoms with van der Waals surface area (Å²) in [5.74, 6) is 1.27. The van der Waals surface area contributed by atoms with Crippen LogP contribution in [0.4, 0.5) is 0 Å². The molecular weight excluding hydrogens is 250 g/mol. The molecule has 0 aliphatic heterocycles. The number of hydrogen-bond donors (Lipinski definition) is 1. The van der Waals surface area contributed by atoms with E-state index >= 15 is 0 Å². The Morgan fingerprint density at radius 3 is 2.72 bits per heavy atom. The molecule has 1 aromatic carbocycles. The Balaban J connectivity index is 2.25. The van der Waals surface area contributed by atoms with E-state index < -0.39 is 9.84 Å². The predicted octanol–water partition coefficient (Wildman–Crippen LogP) is 1.26. The number of nitrogens with one attached hydrogen (secondary N) is 1. The third-order valence-electron chi connectivity index (χ3n) is 2.75. The summed E-state index contributed by atoms with van der Waals surface area (Å²) in [5.41, 5.74) is 1.18. The van der Waals surface area contributed by atoms with Crippen molar-refractivity contribution in [3.63, 3.8) is 0 Å². The first-order valence-electron chi connectivity index (χ1n) is 6.11. The van der Waals surface area contributed by atoms with Crippen molar-refractivity contribution >= 4 is 9.84 Å². The molecule has 0 amide bonds. The summed E-state index contributed by atoms with van der Waals surface area (Å²) in [5, 5.41) is 3.14. The Morgan fingerprint density at radius 1 is 1.28 bits per heavy atom. The maximum Gasteiger partial charge on any atom is 0.151 e. The molecule has 0 bridgehead atoms. The Morgan fingerprint density at radius 2 is 2.06 bits per heavy atom. The van der Waals surface area contributed by atoms with Gasteiger partial charge in [-0.25, -0.2) is 8.42 Å². The molecule has 0 unspecified atom stereocenters. The lowest BCUT2D eigenvalue weighted by Crippen LogP contribution is -2.25. The van der Waals surface area contributed by atoms with Gasteiger partial charge in [-0.05, 0) is 30.7 Å². The van der Waals surface area contributed by atoms with Crippen LogP contribution in [0.1, 0.15) is 12.5 Å². The maximum atomic E-state index is 11.3. The average molecular weight is 271 g/mol. The second-order valence-electron chi connectivity index (χ2n) is 4.09. The van der Waals surface area contributed by atoms with Gasteiger partial charge in [-0.1, -0.05) is 19.1 Å². The van der Waals surface area contributed by atoms with E-state index in [0.717, 1.165) is 18.7 Å². The van der Waals surface area contributed by atoms with Crippen molar-refractivity contribution in [1.29, 1.82) is 0 Å². The quantitative estimate of drug-likeness (QED) is 0.723. The van der Waals surface area contributed by atoms with Crippen molar-refractivity contribution in [2.45, 2.75) is 13.3 Å². The minimum absolute atomic E-state index is 0.210. The monoisotopic (exact) mass is 271 g/mol. The second kappa shape index (κ2) is 7.38. The molecule has 0 radical (unpaired) electrons. The highest BCUT2D eigenvalue weighted by atomic mass is 32.2. The van der Waals surface area contributed by atoms with Crippen LogP contribution < -0.4 is 10.1 Å². The van der Waals surface area contributed by atoms with Gasteiger partial charge in [-0.3, -0.25) is 0 Å². The number of methoxy groups -OCH3 is 1. The minimum atomic E-state index is -2.86. The van der Waals surface area contributed by atoms with Gasteiger partial charge in [-0.15, -0.1) is 0 Å². The minimum Gasteiger partial charge on any atom is -0.497 e. The van der Waals surface area contributed by atoms with E-state index in [1.165, 1.54) is 5.56 Å². The highest BCUT2D eigenvalue weighted by molar-refractivity contribution is 7.91. The fraction of sp³-hybridized carbons (Fsp3) is 0.538. The third-order valence-corrected chi connectivity index (χ3v) is 4.46. The molecule has 1 rings (SSSR count). The lowest BCUT2D eigenvalue weighted by Gasteiger charge is -2.06. The summed E-state index contributed by atoms with van der Waals surface area (Å²) in [6.07, 6.45) is 0.864. The molecule has 0 aliphatic rings. The highest BCUT2D eigenvalue weighted by Crippen LogP contribution is 2.12. The summed E-state index contributed by atoms with van der Waals surface area (Å²) in [7, 11) is -1.21. The number of rotatable bonds is 8. The zero-order valence-corrected chi connectivity index (χ0v) is 11.8. The lowest BCUT2D eigenvalue weighted by atomic mass is 10.1. The van der Waals surface area contributed by atoms with Gasteiger partial charge in [-0.2, -0.15) is 0 Å². The Bertz CT molecular complexity index is 457. The maximum absolute atomic E-state index is 11.3. The third kappa shape index (κ3) is 5.51. The molecular formula is C13H21NO3S. The normalized spacial score (nSPS) is 11.4. The summed E-state index contributed by atoms with van der Waals surface area (Å²) >= 11 is 0. The van der Waals surface area contributed by atoms with Crippen LogP contribution in [0.25, 0.3) is 0 Å². The Hall–Kier alpha value is -1.07. The van der Waals surface area contributed by atoms with Crippen molar-refractivity contribution < 1.29 is 13.2 Å². The number of benzene rings is 1. The van der Waals surface area contributed by atoms with E-state index in [-0.39, 0.29) is 11.5 Å². The van der Waals surface area contributed by atoms with Crippen LogP contribution in [0.15, 0.2) is 24.3 Å². The van der Waals surface area contributed by atoms with E-state index in [2.05, 4.69) is 5.32 Å². The Kier molecular flexibility index (Phi) is 6.15. The van der Waals surface area contributed by atoms with Crippen molar-refractivity contribution in [1.82, 2.24) is 5.32 Å². The molecule has 0 heterocycles. The largest absolute Gasteiger partial charge is 0.497 e. The molecule has 0 saturated heterocycles. The molecule has 18 heavy (non-hydrogen) atoms. The molecule has 0 fully saturated rings. The molecule has 5 heteroatoms. The zero-order chi connectivity index (χ0) is 13.4. The SMILES string of the molecule is CCS(=O)(=O)CCNCCc1cccc(OC)c1. The van der Waals surface area contributed by atoms with E-state index in [9.17, 15) is 8.42 Å². The molecule has 0 aromatic heterocycles. The summed E-state index contributed by atoms with van der Waals surface area (Å²) < 4.78 is 27.7. The van der Waals surface area contributed by atoms with Gasteiger partial charge in [0.15, 0.2) is 9.84 Å². The average Bonchev–Trinajstić information content (AvgIpc) is 2.38. The summed E-state index contributed by atoms with van der Waals surface area (Å²) in [6, 6.07) is 7.89. The van der Waals surface area contributed by atoms with Gasteiger partial charge in [0.05, 0.1) is 12.9 Å². The van der Waals surface area contributed by atoms with Gasteiger partial charge < -0.3 is 10.1 Å². The molecule has 0 aliphatic carbocycles. The topological polar surface area (TPSA) is 55.4 Å². The van der Waals surface area contributed by atoms with Gasteiger partial charge in [0.25, 0.3) is 0 Å². The van der Waals surface area contributed by atoms with Gasteiger partial charge >= 0.3 is 0 Å². The van der Waals surface area contributed by atoms with Crippen LogP contribution >= 0.6 is 0 Å². The first-order chi connectivity index (χ1) is 8.57. The zero-order valence-electron chi connectivity index (χ0n) is 11.0. The summed E-state index contributed by atoms with van der Waals surface area (Å²) in [6.45, 7) is 2.96. The van der Waals surface area contributed by atoms with Crippen molar-refractivity contribution in [2.24, 2.45) is 0 Å². The van der Waals surface area contributed by atoms with Crippen molar-refractivity contribution in [2.75, 3.05) is 31.7 Å². The van der Waals surface area contributed by atoms with Crippen LogP contribution in [0.2, 0.25) is 0 Å². The second-order valence-corrected chi connectivity index (χ2v) is 6.56. The van der Waals surface area contributed by atoms with Gasteiger partial charge in [0.1, 0.15) is 5.75 Å². The molecule has 0 spiro atoms. The van der Waals surface area contributed by atoms with E-state index in [1.807, 2.05) is 24.3 Å². The molecule has 0 atom stereocenters. The number of sulfone groups is 1. The molecule has 0 saturated carbocycles. The highest BCUT2D eigenvalue weighted by Gasteiger charge is 2.05. The van der Waals surface area contributed by atoms with E-state index in [1.54, 1.807) is 14.0 Å². The predicted molar refractivity (Wildman–Crippen MR) is 73.9 cm³/mol. The van der Waals surface area contributed by atoms with Gasteiger partial charge in [0, 0.05) is 12.3 Å². The molecule has 4 nitrogen and oxygen atoms in total. The van der Waals surface area contributed by atoms with E-state index in [4.69, 9.17) is 4.74 Å². The van der Waals surface area contributed by atoms with Crippen molar-refractivity contribution in [3.8, 4) is 5.75 Å². The first kappa shape index (κ1) is 15.0. The van der Waals surface area contributed by atoms with Crippen LogP contribution in [0.5, 0.6) is 5.75 Å². The molecule has 102 valence electrons. The standard InChI is InChI=1S/C13H21NO3S/c1-3-18(15,16)10-9-14-8-7-12-5-4-6-13(11-12)17-2/h4-6,11,14H,3,7-10H2,1-2H3. The number of hydrogen-bond acceptors (Lipinski definition) is 4. The Labute approximate surface area is 109 Å². The fourth-order valence-corrected chi connectivity index (χ4v) is 2.30. The van der Waals surface area contributed by atoms with Crippen LogP contribution in [-0.2, 0) is 16.3 Å². The van der Waals surface area contributed by atoms with Gasteiger partial charge in [0.2, 0.25) is 0 Å². The fourth-order valence-electron chi connectivity index (χ4n) is 1.56. The lowest BCUT2D eigenvalue weighted by molar-refractivity contribution is 0.414. The van der Waals surface area contributed by atoms with E-state index in [0.29, 0.717) is 6.54 Å². The van der Waals surface area contributed by atoms with Crippen LogP contribution in [-0.4, -0.2) is 40.1 Å².